The van der Waals surface area contributed by atoms with Gasteiger partial charge in [-0.2, -0.15) is 5.26 Å². The molecule has 2 fully saturated rings. The number of benzene rings is 1. The SMILES string of the molecule is N#Cc1ccc(OC(=O)C2CCC(CC3CO3)CC2)cc1F. The van der Waals surface area contributed by atoms with Gasteiger partial charge in [0.15, 0.2) is 0 Å². The number of hydrogen-bond acceptors (Lipinski definition) is 4. The van der Waals surface area contributed by atoms with Crippen LogP contribution in [-0.2, 0) is 9.53 Å². The first-order valence-electron chi connectivity index (χ1n) is 7.68. The number of carbonyl (C=O) groups is 1. The second kappa shape index (κ2) is 6.45. The van der Waals surface area contributed by atoms with Gasteiger partial charge in [-0.3, -0.25) is 4.79 Å². The Hall–Kier alpha value is -1.93. The molecule has 1 saturated heterocycles. The maximum Gasteiger partial charge on any atom is 0.314 e. The van der Waals surface area contributed by atoms with E-state index in [1.54, 1.807) is 6.07 Å². The van der Waals surface area contributed by atoms with Crippen LogP contribution in [0, 0.1) is 29.0 Å². The summed E-state index contributed by atoms with van der Waals surface area (Å²) in [6, 6.07) is 5.61. The largest absolute Gasteiger partial charge is 0.426 e. The van der Waals surface area contributed by atoms with E-state index >= 15 is 0 Å². The summed E-state index contributed by atoms with van der Waals surface area (Å²) < 4.78 is 24.0. The van der Waals surface area contributed by atoms with E-state index in [0.717, 1.165) is 44.8 Å². The minimum absolute atomic E-state index is 0.0531. The Bertz CT molecular complexity index is 598. The Balaban J connectivity index is 1.51. The molecule has 1 aliphatic carbocycles. The van der Waals surface area contributed by atoms with Crippen LogP contribution in [0.25, 0.3) is 0 Å². The Morgan fingerprint density at radius 2 is 2.09 bits per heavy atom. The van der Waals surface area contributed by atoms with Gasteiger partial charge in [0.05, 0.1) is 24.2 Å². The molecule has 1 atom stereocenters. The Kier molecular flexibility index (Phi) is 4.39. The van der Waals surface area contributed by atoms with Gasteiger partial charge in [0.25, 0.3) is 0 Å². The summed E-state index contributed by atoms with van der Waals surface area (Å²) in [5.41, 5.74) is -0.0531. The Morgan fingerprint density at radius 1 is 1.36 bits per heavy atom. The lowest BCUT2D eigenvalue weighted by Gasteiger charge is -2.26. The third-order valence-corrected chi connectivity index (χ3v) is 4.46. The first-order valence-corrected chi connectivity index (χ1v) is 7.68. The molecule has 1 aliphatic heterocycles. The van der Waals surface area contributed by atoms with Crippen LogP contribution in [0.3, 0.4) is 0 Å². The molecule has 4 nitrogen and oxygen atoms in total. The summed E-state index contributed by atoms with van der Waals surface area (Å²) in [5.74, 6) is -0.278. The molecule has 0 N–H and O–H groups in total. The average molecular weight is 303 g/mol. The fourth-order valence-corrected chi connectivity index (χ4v) is 3.06. The molecule has 1 saturated carbocycles. The molecule has 0 bridgehead atoms. The molecule has 0 spiro atoms. The van der Waals surface area contributed by atoms with Crippen molar-refractivity contribution in [2.75, 3.05) is 6.61 Å². The summed E-state index contributed by atoms with van der Waals surface area (Å²) in [6.45, 7) is 0.881. The quantitative estimate of drug-likeness (QED) is 0.487. The van der Waals surface area contributed by atoms with Gasteiger partial charge in [-0.1, -0.05) is 0 Å². The molecule has 5 heteroatoms. The van der Waals surface area contributed by atoms with Crippen molar-refractivity contribution in [1.29, 1.82) is 5.26 Å². The molecular formula is C17H18FNO3. The number of hydrogen-bond donors (Lipinski definition) is 0. The lowest BCUT2D eigenvalue weighted by Crippen LogP contribution is -2.26. The van der Waals surface area contributed by atoms with E-state index in [2.05, 4.69) is 0 Å². The average Bonchev–Trinajstić information content (AvgIpc) is 3.32. The lowest BCUT2D eigenvalue weighted by molar-refractivity contribution is -0.140. The highest BCUT2D eigenvalue weighted by Crippen LogP contribution is 2.35. The predicted octanol–water partition coefficient (Wildman–Crippen LogP) is 3.20. The van der Waals surface area contributed by atoms with E-state index in [4.69, 9.17) is 14.7 Å². The summed E-state index contributed by atoms with van der Waals surface area (Å²) in [4.78, 5) is 12.1. The fraction of sp³-hybridized carbons (Fsp3) is 0.529. The highest BCUT2D eigenvalue weighted by molar-refractivity contribution is 5.75. The first-order chi connectivity index (χ1) is 10.7. The molecule has 1 aromatic carbocycles. The number of halogens is 1. The molecule has 22 heavy (non-hydrogen) atoms. The van der Waals surface area contributed by atoms with Gasteiger partial charge < -0.3 is 9.47 Å². The van der Waals surface area contributed by atoms with E-state index in [-0.39, 0.29) is 23.2 Å². The standard InChI is InChI=1S/C17H18FNO3/c18-16-8-14(6-5-13(16)9-19)22-17(20)12-3-1-11(2-4-12)7-15-10-21-15/h5-6,8,11-12,15H,1-4,7,10H2. The van der Waals surface area contributed by atoms with Crippen LogP contribution in [0.2, 0.25) is 0 Å². The van der Waals surface area contributed by atoms with Gasteiger partial charge in [-0.15, -0.1) is 0 Å². The van der Waals surface area contributed by atoms with Crippen molar-refractivity contribution in [3.8, 4) is 11.8 Å². The van der Waals surface area contributed by atoms with Crippen LogP contribution < -0.4 is 4.74 Å². The van der Waals surface area contributed by atoms with Crippen molar-refractivity contribution in [3.05, 3.63) is 29.6 Å². The van der Waals surface area contributed by atoms with E-state index < -0.39 is 5.82 Å². The summed E-state index contributed by atoms with van der Waals surface area (Å²) in [5, 5.41) is 8.68. The molecule has 0 radical (unpaired) electrons. The van der Waals surface area contributed by atoms with E-state index in [0.29, 0.717) is 12.0 Å². The number of carbonyl (C=O) groups excluding carboxylic acids is 1. The Labute approximate surface area is 128 Å². The summed E-state index contributed by atoms with van der Waals surface area (Å²) in [6.07, 6.45) is 5.20. The van der Waals surface area contributed by atoms with Gasteiger partial charge in [-0.05, 0) is 50.2 Å². The number of esters is 1. The van der Waals surface area contributed by atoms with Crippen molar-refractivity contribution in [2.45, 2.75) is 38.2 Å². The van der Waals surface area contributed by atoms with Crippen LogP contribution >= 0.6 is 0 Å². The van der Waals surface area contributed by atoms with Crippen molar-refractivity contribution in [2.24, 2.45) is 11.8 Å². The highest BCUT2D eigenvalue weighted by Gasteiger charge is 2.32. The molecule has 2 aliphatic rings. The van der Waals surface area contributed by atoms with Gasteiger partial charge in [0.2, 0.25) is 0 Å². The van der Waals surface area contributed by atoms with Gasteiger partial charge in [0, 0.05) is 6.07 Å². The molecule has 1 aromatic rings. The van der Waals surface area contributed by atoms with Crippen molar-refractivity contribution in [1.82, 2.24) is 0 Å². The number of nitrogens with zero attached hydrogens (tertiary/aromatic N) is 1. The molecule has 0 aromatic heterocycles. The second-order valence-electron chi connectivity index (χ2n) is 6.08. The minimum Gasteiger partial charge on any atom is -0.426 e. The molecule has 3 rings (SSSR count). The van der Waals surface area contributed by atoms with Crippen molar-refractivity contribution in [3.63, 3.8) is 0 Å². The van der Waals surface area contributed by atoms with E-state index in [9.17, 15) is 9.18 Å². The molecule has 0 amide bonds. The monoisotopic (exact) mass is 303 g/mol. The predicted molar refractivity (Wildman–Crippen MR) is 76.6 cm³/mol. The van der Waals surface area contributed by atoms with Crippen molar-refractivity contribution < 1.29 is 18.7 Å². The topological polar surface area (TPSA) is 62.6 Å². The summed E-state index contributed by atoms with van der Waals surface area (Å²) >= 11 is 0. The molecule has 1 unspecified atom stereocenters. The molecule has 116 valence electrons. The zero-order valence-electron chi connectivity index (χ0n) is 12.3. The van der Waals surface area contributed by atoms with Gasteiger partial charge in [0.1, 0.15) is 17.6 Å². The smallest absolute Gasteiger partial charge is 0.314 e. The summed E-state index contributed by atoms with van der Waals surface area (Å²) in [7, 11) is 0. The first kappa shape index (κ1) is 15.0. The normalized spacial score (nSPS) is 27.0. The van der Waals surface area contributed by atoms with Crippen molar-refractivity contribution >= 4 is 5.97 Å². The van der Waals surface area contributed by atoms with E-state index in [1.165, 1.54) is 12.1 Å². The Morgan fingerprint density at radius 3 is 2.68 bits per heavy atom. The third-order valence-electron chi connectivity index (χ3n) is 4.46. The number of nitriles is 1. The van der Waals surface area contributed by atoms with Crippen LogP contribution in [-0.4, -0.2) is 18.7 Å². The van der Waals surface area contributed by atoms with Gasteiger partial charge >= 0.3 is 5.97 Å². The zero-order valence-corrected chi connectivity index (χ0v) is 12.3. The minimum atomic E-state index is -0.666. The number of rotatable bonds is 4. The fourth-order valence-electron chi connectivity index (χ4n) is 3.06. The molecular weight excluding hydrogens is 285 g/mol. The maximum absolute atomic E-state index is 13.5. The van der Waals surface area contributed by atoms with Crippen LogP contribution in [0.4, 0.5) is 4.39 Å². The lowest BCUT2D eigenvalue weighted by atomic mass is 9.80. The molecule has 1 heterocycles. The van der Waals surface area contributed by atoms with Crippen LogP contribution in [0.15, 0.2) is 18.2 Å². The van der Waals surface area contributed by atoms with E-state index in [1.807, 2.05) is 0 Å². The van der Waals surface area contributed by atoms with Gasteiger partial charge in [-0.25, -0.2) is 4.39 Å². The number of epoxide rings is 1. The zero-order chi connectivity index (χ0) is 15.5. The highest BCUT2D eigenvalue weighted by atomic mass is 19.1. The number of ether oxygens (including phenoxy) is 2. The maximum atomic E-state index is 13.5. The third kappa shape index (κ3) is 3.63. The van der Waals surface area contributed by atoms with Crippen LogP contribution in [0.5, 0.6) is 5.75 Å². The van der Waals surface area contributed by atoms with Crippen LogP contribution in [0.1, 0.15) is 37.7 Å². The second-order valence-corrected chi connectivity index (χ2v) is 6.08.